The van der Waals surface area contributed by atoms with Gasteiger partial charge < -0.3 is 0 Å². The number of rotatable bonds is 5. The third-order valence-electron chi connectivity index (χ3n) is 5.07. The van der Waals surface area contributed by atoms with Crippen molar-refractivity contribution in [3.8, 4) is 0 Å². The molecule has 4 heteroatoms. The summed E-state index contributed by atoms with van der Waals surface area (Å²) in [5, 5.41) is 0. The second-order valence-corrected chi connectivity index (χ2v) is 8.23. The van der Waals surface area contributed by atoms with Crippen molar-refractivity contribution in [1.82, 2.24) is 10.9 Å². The smallest absolute Gasteiger partial charge is 0.269 e. The summed E-state index contributed by atoms with van der Waals surface area (Å²) >= 11 is 0. The highest BCUT2D eigenvalue weighted by Crippen LogP contribution is 2.27. The fraction of sp³-hybridized carbons (Fsp3) is 0.619. The molecule has 0 radical (unpaired) electrons. The Kier molecular flexibility index (Phi) is 7.03. The van der Waals surface area contributed by atoms with Crippen LogP contribution >= 0.6 is 0 Å². The number of hydrogen-bond donors (Lipinski definition) is 2. The van der Waals surface area contributed by atoms with Gasteiger partial charge in [-0.3, -0.25) is 20.4 Å². The van der Waals surface area contributed by atoms with Crippen LogP contribution in [0.1, 0.15) is 88.1 Å². The van der Waals surface area contributed by atoms with Crippen molar-refractivity contribution in [2.24, 2.45) is 5.92 Å². The minimum Gasteiger partial charge on any atom is -0.273 e. The van der Waals surface area contributed by atoms with Crippen molar-refractivity contribution in [2.75, 3.05) is 0 Å². The Morgan fingerprint density at radius 2 is 1.64 bits per heavy atom. The molecule has 0 bridgehead atoms. The van der Waals surface area contributed by atoms with E-state index in [4.69, 9.17) is 0 Å². The molecule has 0 spiro atoms. The zero-order chi connectivity index (χ0) is 18.3. The quantitative estimate of drug-likeness (QED) is 0.773. The van der Waals surface area contributed by atoms with Gasteiger partial charge in [0.2, 0.25) is 5.91 Å². The second-order valence-electron chi connectivity index (χ2n) is 8.23. The van der Waals surface area contributed by atoms with Crippen molar-refractivity contribution < 1.29 is 9.59 Å². The first-order valence-corrected chi connectivity index (χ1v) is 9.56. The van der Waals surface area contributed by atoms with Gasteiger partial charge in [0, 0.05) is 12.0 Å². The van der Waals surface area contributed by atoms with Gasteiger partial charge in [-0.2, -0.15) is 0 Å². The Morgan fingerprint density at radius 1 is 1.00 bits per heavy atom. The molecule has 0 aromatic heterocycles. The predicted molar refractivity (Wildman–Crippen MR) is 101 cm³/mol. The molecule has 2 amide bonds. The first-order valence-electron chi connectivity index (χ1n) is 9.56. The van der Waals surface area contributed by atoms with E-state index in [9.17, 15) is 9.59 Å². The molecule has 138 valence electrons. The first kappa shape index (κ1) is 19.5. The first-order chi connectivity index (χ1) is 11.9. The number of hydrazine groups is 1. The molecule has 1 aliphatic carbocycles. The Morgan fingerprint density at radius 3 is 2.24 bits per heavy atom. The number of amides is 2. The Hall–Kier alpha value is -1.84. The van der Waals surface area contributed by atoms with E-state index in [-0.39, 0.29) is 17.2 Å². The highest BCUT2D eigenvalue weighted by molar-refractivity contribution is 5.95. The van der Waals surface area contributed by atoms with E-state index in [1.165, 1.54) is 37.7 Å². The van der Waals surface area contributed by atoms with Crippen molar-refractivity contribution in [1.29, 1.82) is 0 Å². The lowest BCUT2D eigenvalue weighted by Crippen LogP contribution is -2.41. The molecule has 1 fully saturated rings. The van der Waals surface area contributed by atoms with Gasteiger partial charge in [0.1, 0.15) is 0 Å². The average molecular weight is 344 g/mol. The summed E-state index contributed by atoms with van der Waals surface area (Å²) in [6, 6.07) is 7.51. The van der Waals surface area contributed by atoms with Crippen LogP contribution in [0.5, 0.6) is 0 Å². The monoisotopic (exact) mass is 344 g/mol. The minimum absolute atomic E-state index is 0.0571. The maximum absolute atomic E-state index is 12.1. The number of benzene rings is 1. The molecule has 0 aliphatic heterocycles. The van der Waals surface area contributed by atoms with E-state index in [1.807, 2.05) is 12.1 Å². The highest BCUT2D eigenvalue weighted by atomic mass is 16.2. The lowest BCUT2D eigenvalue weighted by atomic mass is 9.86. The molecular weight excluding hydrogens is 312 g/mol. The molecule has 4 nitrogen and oxygen atoms in total. The van der Waals surface area contributed by atoms with Gasteiger partial charge in [-0.15, -0.1) is 0 Å². The summed E-state index contributed by atoms with van der Waals surface area (Å²) in [6.07, 6.45) is 9.13. The molecule has 1 saturated carbocycles. The van der Waals surface area contributed by atoms with Gasteiger partial charge >= 0.3 is 0 Å². The SMILES string of the molecule is CC(C)(C)c1ccc(C(=O)NNC(=O)CCCC2CCCCC2)cc1. The largest absolute Gasteiger partial charge is 0.273 e. The van der Waals surface area contributed by atoms with E-state index in [0.717, 1.165) is 18.8 Å². The maximum atomic E-state index is 12.1. The van der Waals surface area contributed by atoms with E-state index in [1.54, 1.807) is 12.1 Å². The third-order valence-corrected chi connectivity index (χ3v) is 5.07. The van der Waals surface area contributed by atoms with Crippen LogP contribution in [0.3, 0.4) is 0 Å². The zero-order valence-electron chi connectivity index (χ0n) is 15.9. The molecule has 2 rings (SSSR count). The van der Waals surface area contributed by atoms with E-state index in [0.29, 0.717) is 12.0 Å². The number of hydrogen-bond acceptors (Lipinski definition) is 2. The van der Waals surface area contributed by atoms with E-state index < -0.39 is 0 Å². The summed E-state index contributed by atoms with van der Waals surface area (Å²) in [5.41, 5.74) is 6.82. The third kappa shape index (κ3) is 6.52. The molecule has 1 aromatic rings. The van der Waals surface area contributed by atoms with Crippen molar-refractivity contribution >= 4 is 11.8 Å². The topological polar surface area (TPSA) is 58.2 Å². The van der Waals surface area contributed by atoms with Gasteiger partial charge in [0.05, 0.1) is 0 Å². The zero-order valence-corrected chi connectivity index (χ0v) is 15.9. The van der Waals surface area contributed by atoms with Crippen molar-refractivity contribution in [3.05, 3.63) is 35.4 Å². The van der Waals surface area contributed by atoms with Gasteiger partial charge in [-0.1, -0.05) is 65.0 Å². The van der Waals surface area contributed by atoms with Gasteiger partial charge in [-0.05, 0) is 41.9 Å². The van der Waals surface area contributed by atoms with Crippen LogP contribution in [0.15, 0.2) is 24.3 Å². The summed E-state index contributed by atoms with van der Waals surface area (Å²) in [5.74, 6) is 0.397. The van der Waals surface area contributed by atoms with Crippen LogP contribution in [-0.2, 0) is 10.2 Å². The second kappa shape index (κ2) is 9.02. The van der Waals surface area contributed by atoms with Gasteiger partial charge in [0.25, 0.3) is 5.91 Å². The molecule has 0 saturated heterocycles. The van der Waals surface area contributed by atoms with Crippen LogP contribution in [0.2, 0.25) is 0 Å². The van der Waals surface area contributed by atoms with Gasteiger partial charge in [0.15, 0.2) is 0 Å². The Bertz CT molecular complexity index is 567. The Balaban J connectivity index is 1.69. The Labute approximate surface area is 151 Å². The van der Waals surface area contributed by atoms with E-state index >= 15 is 0 Å². The molecule has 0 atom stereocenters. The summed E-state index contributed by atoms with van der Waals surface area (Å²) in [7, 11) is 0. The van der Waals surface area contributed by atoms with Crippen LogP contribution in [0.4, 0.5) is 0 Å². The normalized spacial score (nSPS) is 15.6. The lowest BCUT2D eigenvalue weighted by Gasteiger charge is -2.21. The number of carbonyl (C=O) groups excluding carboxylic acids is 2. The van der Waals surface area contributed by atoms with Crippen LogP contribution in [0, 0.1) is 5.92 Å². The molecule has 0 unspecified atom stereocenters. The molecule has 2 N–H and O–H groups in total. The van der Waals surface area contributed by atoms with Crippen LogP contribution < -0.4 is 10.9 Å². The summed E-state index contributed by atoms with van der Waals surface area (Å²) in [6.45, 7) is 6.40. The fourth-order valence-electron chi connectivity index (χ4n) is 3.41. The molecule has 25 heavy (non-hydrogen) atoms. The maximum Gasteiger partial charge on any atom is 0.269 e. The van der Waals surface area contributed by atoms with Crippen molar-refractivity contribution in [3.63, 3.8) is 0 Å². The van der Waals surface area contributed by atoms with Gasteiger partial charge in [-0.25, -0.2) is 0 Å². The number of carbonyl (C=O) groups is 2. The van der Waals surface area contributed by atoms with Crippen LogP contribution in [0.25, 0.3) is 0 Å². The fourth-order valence-corrected chi connectivity index (χ4v) is 3.41. The highest BCUT2D eigenvalue weighted by Gasteiger charge is 2.15. The standard InChI is InChI=1S/C21H32N2O2/c1-21(2,3)18-14-12-17(13-15-18)20(25)23-22-19(24)11-7-10-16-8-5-4-6-9-16/h12-16H,4-11H2,1-3H3,(H,22,24)(H,23,25). The average Bonchev–Trinajstić information content (AvgIpc) is 2.60. The molecular formula is C21H32N2O2. The molecule has 1 aromatic carbocycles. The predicted octanol–water partition coefficient (Wildman–Crippen LogP) is 4.50. The minimum atomic E-state index is -0.277. The molecule has 0 heterocycles. The number of nitrogens with one attached hydrogen (secondary N) is 2. The van der Waals surface area contributed by atoms with E-state index in [2.05, 4.69) is 31.6 Å². The van der Waals surface area contributed by atoms with Crippen molar-refractivity contribution in [2.45, 2.75) is 77.6 Å². The summed E-state index contributed by atoms with van der Waals surface area (Å²) in [4.78, 5) is 24.0. The molecule has 1 aliphatic rings. The lowest BCUT2D eigenvalue weighted by molar-refractivity contribution is -0.122. The summed E-state index contributed by atoms with van der Waals surface area (Å²) < 4.78 is 0. The van der Waals surface area contributed by atoms with Crippen LogP contribution in [-0.4, -0.2) is 11.8 Å².